The van der Waals surface area contributed by atoms with Crippen molar-refractivity contribution in [1.82, 2.24) is 15.5 Å². The van der Waals surface area contributed by atoms with E-state index < -0.39 is 0 Å². The first-order valence-electron chi connectivity index (χ1n) is 9.03. The molecular weight excluding hydrogens is 376 g/mol. The molecule has 2 rings (SSSR count). The van der Waals surface area contributed by atoms with Crippen molar-refractivity contribution in [3.63, 3.8) is 0 Å². The number of benzene rings is 2. The second-order valence-corrected chi connectivity index (χ2v) is 6.95. The van der Waals surface area contributed by atoms with E-state index >= 15 is 0 Å². The number of nitrogens with one attached hydrogen (secondary N) is 2. The van der Waals surface area contributed by atoms with E-state index in [4.69, 9.17) is 16.3 Å². The van der Waals surface area contributed by atoms with Gasteiger partial charge < -0.3 is 20.3 Å². The maximum absolute atomic E-state index is 11.9. The van der Waals surface area contributed by atoms with Crippen LogP contribution in [-0.2, 0) is 11.3 Å². The second kappa shape index (κ2) is 10.6. The Morgan fingerprint density at radius 2 is 1.86 bits per heavy atom. The van der Waals surface area contributed by atoms with Crippen LogP contribution in [0.5, 0.6) is 5.75 Å². The highest BCUT2D eigenvalue weighted by Gasteiger charge is 2.12. The average Bonchev–Trinajstić information content (AvgIpc) is 2.70. The Morgan fingerprint density at radius 3 is 2.46 bits per heavy atom. The third-order valence-electron chi connectivity index (χ3n) is 4.21. The number of hydrogen-bond acceptors (Lipinski definition) is 3. The molecule has 0 fully saturated rings. The van der Waals surface area contributed by atoms with Gasteiger partial charge in [-0.25, -0.2) is 4.99 Å². The van der Waals surface area contributed by atoms with Gasteiger partial charge >= 0.3 is 0 Å². The van der Waals surface area contributed by atoms with Gasteiger partial charge in [0.2, 0.25) is 5.91 Å². The van der Waals surface area contributed by atoms with Crippen LogP contribution in [0.4, 0.5) is 0 Å². The summed E-state index contributed by atoms with van der Waals surface area (Å²) in [6.45, 7) is 2.61. The summed E-state index contributed by atoms with van der Waals surface area (Å²) >= 11 is 6.30. The van der Waals surface area contributed by atoms with Crippen molar-refractivity contribution in [3.8, 4) is 5.75 Å². The Morgan fingerprint density at radius 1 is 1.18 bits per heavy atom. The quantitative estimate of drug-likeness (QED) is 0.551. The lowest BCUT2D eigenvalue weighted by atomic mass is 10.1. The summed E-state index contributed by atoms with van der Waals surface area (Å²) < 4.78 is 5.18. The van der Waals surface area contributed by atoms with Gasteiger partial charge in [0.15, 0.2) is 5.96 Å². The second-order valence-electron chi connectivity index (χ2n) is 6.54. The lowest BCUT2D eigenvalue weighted by Crippen LogP contribution is -2.43. The van der Waals surface area contributed by atoms with Crippen molar-refractivity contribution in [2.24, 2.45) is 4.99 Å². The van der Waals surface area contributed by atoms with Crippen LogP contribution in [0.1, 0.15) is 24.1 Å². The minimum atomic E-state index is -0.0784. The molecule has 7 heteroatoms. The fourth-order valence-corrected chi connectivity index (χ4v) is 2.78. The SMILES string of the molecule is COc1ccc(CN=C(NCC(=O)N(C)C)NC(C)c2ccccc2Cl)cc1. The van der Waals surface area contributed by atoms with E-state index in [1.54, 1.807) is 21.2 Å². The molecule has 0 bridgehead atoms. The number of guanidine groups is 1. The monoisotopic (exact) mass is 402 g/mol. The van der Waals surface area contributed by atoms with Crippen LogP contribution in [0.25, 0.3) is 0 Å². The average molecular weight is 403 g/mol. The van der Waals surface area contributed by atoms with Gasteiger partial charge in [0, 0.05) is 19.1 Å². The highest BCUT2D eigenvalue weighted by Crippen LogP contribution is 2.22. The molecule has 1 unspecified atom stereocenters. The van der Waals surface area contributed by atoms with E-state index in [-0.39, 0.29) is 18.5 Å². The summed E-state index contributed by atoms with van der Waals surface area (Å²) in [5, 5.41) is 7.10. The highest BCUT2D eigenvalue weighted by molar-refractivity contribution is 6.31. The topological polar surface area (TPSA) is 66.0 Å². The number of halogens is 1. The van der Waals surface area contributed by atoms with Gasteiger partial charge in [-0.2, -0.15) is 0 Å². The molecule has 0 saturated carbocycles. The Kier molecular flexibility index (Phi) is 8.14. The number of hydrogen-bond donors (Lipinski definition) is 2. The van der Waals surface area contributed by atoms with Crippen LogP contribution >= 0.6 is 11.6 Å². The number of amides is 1. The molecule has 0 spiro atoms. The standard InChI is InChI=1S/C21H27ClN4O2/c1-15(18-7-5-6-8-19(18)22)25-21(24-14-20(27)26(2)3)23-13-16-9-11-17(28-4)12-10-16/h5-12,15H,13-14H2,1-4H3,(H2,23,24,25). The molecule has 2 aromatic carbocycles. The zero-order valence-corrected chi connectivity index (χ0v) is 17.5. The number of carbonyl (C=O) groups excluding carboxylic acids is 1. The molecular formula is C21H27ClN4O2. The zero-order chi connectivity index (χ0) is 20.5. The molecule has 0 saturated heterocycles. The van der Waals surface area contributed by atoms with Gasteiger partial charge in [0.25, 0.3) is 0 Å². The summed E-state index contributed by atoms with van der Waals surface area (Å²) in [5.41, 5.74) is 1.99. The molecule has 0 heterocycles. The largest absolute Gasteiger partial charge is 0.497 e. The molecule has 1 atom stereocenters. The van der Waals surface area contributed by atoms with Crippen LogP contribution in [0.15, 0.2) is 53.5 Å². The van der Waals surface area contributed by atoms with Crippen LogP contribution in [-0.4, -0.2) is 44.5 Å². The zero-order valence-electron chi connectivity index (χ0n) is 16.7. The summed E-state index contributed by atoms with van der Waals surface area (Å²) in [7, 11) is 5.08. The number of nitrogens with zero attached hydrogens (tertiary/aromatic N) is 2. The number of rotatable bonds is 7. The van der Waals surface area contributed by atoms with Gasteiger partial charge in [-0.1, -0.05) is 41.9 Å². The normalized spacial score (nSPS) is 12.2. The maximum Gasteiger partial charge on any atom is 0.241 e. The van der Waals surface area contributed by atoms with Crippen molar-refractivity contribution >= 4 is 23.5 Å². The Balaban J connectivity index is 2.12. The molecule has 0 radical (unpaired) electrons. The maximum atomic E-state index is 11.9. The van der Waals surface area contributed by atoms with Gasteiger partial charge in [-0.05, 0) is 36.2 Å². The smallest absolute Gasteiger partial charge is 0.241 e. The van der Waals surface area contributed by atoms with E-state index in [9.17, 15) is 4.79 Å². The van der Waals surface area contributed by atoms with Crippen LogP contribution in [0, 0.1) is 0 Å². The van der Waals surface area contributed by atoms with Gasteiger partial charge in [0.1, 0.15) is 5.75 Å². The highest BCUT2D eigenvalue weighted by atomic mass is 35.5. The summed E-state index contributed by atoms with van der Waals surface area (Å²) in [4.78, 5) is 18.1. The third-order valence-corrected chi connectivity index (χ3v) is 4.55. The number of likely N-dealkylation sites (N-methyl/N-ethyl adjacent to an activating group) is 1. The first-order chi connectivity index (χ1) is 13.4. The molecule has 2 aromatic rings. The molecule has 2 N–H and O–H groups in total. The number of ether oxygens (including phenoxy) is 1. The lowest BCUT2D eigenvalue weighted by Gasteiger charge is -2.20. The molecule has 0 aliphatic heterocycles. The predicted octanol–water partition coefficient (Wildman–Crippen LogP) is 3.23. The molecule has 28 heavy (non-hydrogen) atoms. The van der Waals surface area contributed by atoms with Crippen LogP contribution < -0.4 is 15.4 Å². The first-order valence-corrected chi connectivity index (χ1v) is 9.41. The fraction of sp³-hybridized carbons (Fsp3) is 0.333. The van der Waals surface area contributed by atoms with E-state index in [1.165, 1.54) is 4.90 Å². The van der Waals surface area contributed by atoms with E-state index in [1.807, 2.05) is 55.5 Å². The number of methoxy groups -OCH3 is 1. The summed E-state index contributed by atoms with van der Waals surface area (Å²) in [6, 6.07) is 15.3. The van der Waals surface area contributed by atoms with Gasteiger partial charge in [-0.3, -0.25) is 4.79 Å². The van der Waals surface area contributed by atoms with Crippen molar-refractivity contribution in [3.05, 3.63) is 64.7 Å². The van der Waals surface area contributed by atoms with Crippen molar-refractivity contribution in [2.75, 3.05) is 27.7 Å². The number of carbonyl (C=O) groups is 1. The predicted molar refractivity (Wildman–Crippen MR) is 114 cm³/mol. The molecule has 0 aliphatic carbocycles. The summed E-state index contributed by atoms with van der Waals surface area (Å²) in [5.74, 6) is 1.30. The van der Waals surface area contributed by atoms with Crippen LogP contribution in [0.2, 0.25) is 5.02 Å². The fourth-order valence-electron chi connectivity index (χ4n) is 2.48. The van der Waals surface area contributed by atoms with E-state index in [2.05, 4.69) is 15.6 Å². The Labute approximate surface area is 171 Å². The molecule has 6 nitrogen and oxygen atoms in total. The third kappa shape index (κ3) is 6.46. The molecule has 150 valence electrons. The van der Waals surface area contributed by atoms with E-state index in [0.29, 0.717) is 17.5 Å². The lowest BCUT2D eigenvalue weighted by molar-refractivity contribution is -0.127. The van der Waals surface area contributed by atoms with Gasteiger partial charge in [0.05, 0.1) is 26.2 Å². The van der Waals surface area contributed by atoms with Crippen LogP contribution in [0.3, 0.4) is 0 Å². The Bertz CT molecular complexity index is 806. The molecule has 0 aliphatic rings. The molecule has 0 aromatic heterocycles. The summed E-state index contributed by atoms with van der Waals surface area (Å²) in [6.07, 6.45) is 0. The van der Waals surface area contributed by atoms with Crippen molar-refractivity contribution in [2.45, 2.75) is 19.5 Å². The van der Waals surface area contributed by atoms with Crippen molar-refractivity contribution in [1.29, 1.82) is 0 Å². The van der Waals surface area contributed by atoms with Crippen molar-refractivity contribution < 1.29 is 9.53 Å². The van der Waals surface area contributed by atoms with E-state index in [0.717, 1.165) is 16.9 Å². The minimum absolute atomic E-state index is 0.0376. The molecule has 1 amide bonds. The first kappa shape index (κ1) is 21.6. The van der Waals surface area contributed by atoms with Gasteiger partial charge in [-0.15, -0.1) is 0 Å². The minimum Gasteiger partial charge on any atom is -0.497 e. The number of aliphatic imine (C=N–C) groups is 1. The Hall–Kier alpha value is -2.73.